The first kappa shape index (κ1) is 10.2. The van der Waals surface area contributed by atoms with Crippen molar-refractivity contribution in [3.63, 3.8) is 0 Å². The van der Waals surface area contributed by atoms with E-state index in [4.69, 9.17) is 5.73 Å². The van der Waals surface area contributed by atoms with Crippen LogP contribution in [0.5, 0.6) is 0 Å². The molecular formula is C7H13N3O2S. The first-order valence-corrected chi connectivity index (χ1v) is 5.80. The quantitative estimate of drug-likeness (QED) is 0.755. The normalized spacial score (nSPS) is 14.4. The Morgan fingerprint density at radius 1 is 1.69 bits per heavy atom. The van der Waals surface area contributed by atoms with E-state index in [1.54, 1.807) is 0 Å². The fourth-order valence-corrected chi connectivity index (χ4v) is 1.42. The maximum absolute atomic E-state index is 11.0. The van der Waals surface area contributed by atoms with Gasteiger partial charge in [-0.2, -0.15) is 0 Å². The summed E-state index contributed by atoms with van der Waals surface area (Å²) in [6.45, 7) is 1.92. The first-order valence-electron chi connectivity index (χ1n) is 3.95. The number of nitrogens with two attached hydrogens (primary N) is 1. The van der Waals surface area contributed by atoms with Crippen LogP contribution >= 0.6 is 0 Å². The predicted octanol–water partition coefficient (Wildman–Crippen LogP) is 0.101. The highest BCUT2D eigenvalue weighted by Crippen LogP contribution is 2.10. The molecule has 13 heavy (non-hydrogen) atoms. The van der Waals surface area contributed by atoms with Gasteiger partial charge in [-0.15, -0.1) is 0 Å². The van der Waals surface area contributed by atoms with Crippen molar-refractivity contribution in [2.24, 2.45) is 5.73 Å². The van der Waals surface area contributed by atoms with E-state index in [0.717, 1.165) is 16.6 Å². The zero-order valence-corrected chi connectivity index (χ0v) is 8.45. The monoisotopic (exact) mass is 203 g/mol. The molecule has 74 valence electrons. The van der Waals surface area contributed by atoms with Crippen LogP contribution in [0.2, 0.25) is 0 Å². The number of aromatic nitrogens is 2. The summed E-state index contributed by atoms with van der Waals surface area (Å²) in [4.78, 5) is 3.91. The molecule has 0 aliphatic carbocycles. The van der Waals surface area contributed by atoms with Crippen LogP contribution in [0.15, 0.2) is 12.5 Å². The molecule has 1 rings (SSSR count). The lowest BCUT2D eigenvalue weighted by Gasteiger charge is -2.02. The summed E-state index contributed by atoms with van der Waals surface area (Å²) in [5.74, 6) is 0. The van der Waals surface area contributed by atoms with Gasteiger partial charge in [0.2, 0.25) is 10.0 Å². The molecule has 0 aliphatic rings. The number of hydrogen-bond donors (Lipinski definition) is 1. The number of hydrogen-bond acceptors (Lipinski definition) is 4. The summed E-state index contributed by atoms with van der Waals surface area (Å²) >= 11 is 0. The van der Waals surface area contributed by atoms with Gasteiger partial charge in [-0.1, -0.05) is 6.92 Å². The second kappa shape index (κ2) is 3.47. The van der Waals surface area contributed by atoms with Crippen molar-refractivity contribution in [2.75, 3.05) is 6.26 Å². The summed E-state index contributed by atoms with van der Waals surface area (Å²) in [6.07, 6.45) is 4.57. The van der Waals surface area contributed by atoms with Crippen molar-refractivity contribution in [1.29, 1.82) is 0 Å². The fraction of sp³-hybridized carbons (Fsp3) is 0.571. The number of imidazole rings is 1. The van der Waals surface area contributed by atoms with Gasteiger partial charge in [0.1, 0.15) is 6.33 Å². The maximum atomic E-state index is 11.0. The molecule has 0 saturated carbocycles. The Labute approximate surface area is 77.6 Å². The minimum Gasteiger partial charge on any atom is -0.323 e. The average Bonchev–Trinajstić information content (AvgIpc) is 2.50. The molecule has 2 N–H and O–H groups in total. The van der Waals surface area contributed by atoms with Crippen molar-refractivity contribution in [3.05, 3.63) is 18.2 Å². The van der Waals surface area contributed by atoms with Gasteiger partial charge in [-0.25, -0.2) is 17.4 Å². The number of nitrogens with zero attached hydrogens (tertiary/aromatic N) is 2. The van der Waals surface area contributed by atoms with Gasteiger partial charge in [-0.05, 0) is 6.42 Å². The zero-order valence-electron chi connectivity index (χ0n) is 7.64. The first-order chi connectivity index (χ1) is 5.95. The molecule has 1 atom stereocenters. The molecule has 0 saturated heterocycles. The molecule has 0 spiro atoms. The average molecular weight is 203 g/mol. The fourth-order valence-electron chi connectivity index (χ4n) is 0.903. The lowest BCUT2D eigenvalue weighted by Crippen LogP contribution is -2.10. The molecule has 1 heterocycles. The Bertz CT molecular complexity index is 382. The van der Waals surface area contributed by atoms with Crippen LogP contribution in [-0.4, -0.2) is 23.6 Å². The zero-order chi connectivity index (χ0) is 10.1. The highest BCUT2D eigenvalue weighted by molar-refractivity contribution is 7.89. The summed E-state index contributed by atoms with van der Waals surface area (Å²) in [5, 5.41) is 0. The summed E-state index contributed by atoms with van der Waals surface area (Å²) in [7, 11) is -3.23. The molecule has 1 aromatic rings. The van der Waals surface area contributed by atoms with Gasteiger partial charge in [0.15, 0.2) is 0 Å². The molecule has 5 nitrogen and oxygen atoms in total. The van der Waals surface area contributed by atoms with Crippen LogP contribution in [0.1, 0.15) is 25.1 Å². The van der Waals surface area contributed by atoms with Crippen molar-refractivity contribution >= 4 is 10.0 Å². The van der Waals surface area contributed by atoms with E-state index in [2.05, 4.69) is 4.98 Å². The van der Waals surface area contributed by atoms with Crippen LogP contribution in [0.4, 0.5) is 0 Å². The van der Waals surface area contributed by atoms with E-state index in [1.165, 1.54) is 12.5 Å². The second-order valence-electron chi connectivity index (χ2n) is 2.91. The van der Waals surface area contributed by atoms with Crippen LogP contribution in [0, 0.1) is 0 Å². The smallest absolute Gasteiger partial charge is 0.236 e. The van der Waals surface area contributed by atoms with Gasteiger partial charge in [-0.3, -0.25) is 0 Å². The van der Waals surface area contributed by atoms with Gasteiger partial charge < -0.3 is 5.73 Å². The van der Waals surface area contributed by atoms with Crippen molar-refractivity contribution < 1.29 is 8.42 Å². The Morgan fingerprint density at radius 2 is 2.31 bits per heavy atom. The minimum atomic E-state index is -3.23. The molecule has 0 aromatic carbocycles. The molecule has 6 heteroatoms. The Balaban J connectivity index is 3.00. The Hall–Kier alpha value is -0.880. The summed E-state index contributed by atoms with van der Waals surface area (Å²) in [5.41, 5.74) is 6.28. The largest absolute Gasteiger partial charge is 0.323 e. The topological polar surface area (TPSA) is 78.0 Å². The van der Waals surface area contributed by atoms with E-state index >= 15 is 0 Å². The van der Waals surface area contributed by atoms with E-state index < -0.39 is 10.0 Å². The molecular weight excluding hydrogens is 190 g/mol. The third-order valence-corrected chi connectivity index (χ3v) is 2.75. The molecule has 0 amide bonds. The van der Waals surface area contributed by atoms with E-state index in [-0.39, 0.29) is 6.04 Å². The van der Waals surface area contributed by atoms with E-state index in [9.17, 15) is 8.42 Å². The molecule has 1 aromatic heterocycles. The standard InChI is InChI=1S/C7H13N3O2S/c1-3-6(8)7-4-10(5-9-7)13(2,11)12/h4-6H,3,8H2,1-2H3/t6-/m0/s1. The van der Waals surface area contributed by atoms with Gasteiger partial charge >= 0.3 is 0 Å². The summed E-state index contributed by atoms with van der Waals surface area (Å²) < 4.78 is 23.1. The SMILES string of the molecule is CC[C@H](N)c1cn(S(C)(=O)=O)cn1. The Kier molecular flexibility index (Phi) is 2.72. The van der Waals surface area contributed by atoms with Crippen molar-refractivity contribution in [2.45, 2.75) is 19.4 Å². The lowest BCUT2D eigenvalue weighted by atomic mass is 10.2. The van der Waals surface area contributed by atoms with Gasteiger partial charge in [0, 0.05) is 12.2 Å². The summed E-state index contributed by atoms with van der Waals surface area (Å²) in [6, 6.07) is -0.192. The van der Waals surface area contributed by atoms with Crippen LogP contribution in [-0.2, 0) is 10.0 Å². The molecule has 0 aliphatic heterocycles. The van der Waals surface area contributed by atoms with Crippen LogP contribution in [0.3, 0.4) is 0 Å². The van der Waals surface area contributed by atoms with Crippen molar-refractivity contribution in [1.82, 2.24) is 8.96 Å². The highest BCUT2D eigenvalue weighted by Gasteiger charge is 2.10. The van der Waals surface area contributed by atoms with Gasteiger partial charge in [0.25, 0.3) is 0 Å². The maximum Gasteiger partial charge on any atom is 0.236 e. The predicted molar refractivity (Wildman–Crippen MR) is 49.7 cm³/mol. The minimum absolute atomic E-state index is 0.192. The van der Waals surface area contributed by atoms with E-state index in [0.29, 0.717) is 5.69 Å². The molecule has 0 radical (unpaired) electrons. The third-order valence-electron chi connectivity index (χ3n) is 1.78. The van der Waals surface area contributed by atoms with Crippen LogP contribution in [0.25, 0.3) is 0 Å². The lowest BCUT2D eigenvalue weighted by molar-refractivity contribution is 0.593. The molecule has 0 unspecified atom stereocenters. The Morgan fingerprint density at radius 3 is 2.69 bits per heavy atom. The van der Waals surface area contributed by atoms with Crippen LogP contribution < -0.4 is 5.73 Å². The molecule has 0 bridgehead atoms. The third kappa shape index (κ3) is 2.28. The van der Waals surface area contributed by atoms with Crippen molar-refractivity contribution in [3.8, 4) is 0 Å². The molecule has 0 fully saturated rings. The number of rotatable bonds is 3. The van der Waals surface area contributed by atoms with Gasteiger partial charge in [0.05, 0.1) is 11.9 Å². The van der Waals surface area contributed by atoms with E-state index in [1.807, 2.05) is 6.92 Å². The second-order valence-corrected chi connectivity index (χ2v) is 4.79. The highest BCUT2D eigenvalue weighted by atomic mass is 32.2.